The fourth-order valence-corrected chi connectivity index (χ4v) is 3.79. The summed E-state index contributed by atoms with van der Waals surface area (Å²) in [6.07, 6.45) is 6.70. The van der Waals surface area contributed by atoms with Crippen LogP contribution in [0.25, 0.3) is 11.3 Å². The molecule has 3 N–H and O–H groups in total. The molecule has 2 unspecified atom stereocenters. The van der Waals surface area contributed by atoms with E-state index in [1.807, 2.05) is 24.1 Å². The fourth-order valence-electron chi connectivity index (χ4n) is 3.79. The van der Waals surface area contributed by atoms with Gasteiger partial charge in [0.25, 0.3) is 0 Å². The van der Waals surface area contributed by atoms with Gasteiger partial charge in [0.15, 0.2) is 0 Å². The molecular formula is C21H29FN4O. The van der Waals surface area contributed by atoms with E-state index in [2.05, 4.69) is 10.2 Å². The molecule has 1 aromatic heterocycles. The van der Waals surface area contributed by atoms with Gasteiger partial charge in [-0.2, -0.15) is 5.10 Å². The molecule has 1 amide bonds. The van der Waals surface area contributed by atoms with Crippen molar-refractivity contribution < 1.29 is 9.18 Å². The SMILES string of the molecule is CN(CCCCCc1cc(-c2cccc(F)c2)n[nH]1)C(=O)C1CCC(N)C1. The van der Waals surface area contributed by atoms with E-state index in [-0.39, 0.29) is 23.7 Å². The Labute approximate surface area is 160 Å². The molecule has 1 fully saturated rings. The predicted molar refractivity (Wildman–Crippen MR) is 104 cm³/mol. The summed E-state index contributed by atoms with van der Waals surface area (Å²) in [5.41, 5.74) is 8.51. The average Bonchev–Trinajstić information content (AvgIpc) is 3.30. The molecule has 1 aliphatic carbocycles. The minimum Gasteiger partial charge on any atom is -0.346 e. The van der Waals surface area contributed by atoms with E-state index < -0.39 is 0 Å². The van der Waals surface area contributed by atoms with Crippen molar-refractivity contribution >= 4 is 5.91 Å². The largest absolute Gasteiger partial charge is 0.346 e. The zero-order chi connectivity index (χ0) is 19.2. The van der Waals surface area contributed by atoms with Crippen LogP contribution in [0.5, 0.6) is 0 Å². The van der Waals surface area contributed by atoms with Gasteiger partial charge >= 0.3 is 0 Å². The minimum absolute atomic E-state index is 0.122. The first kappa shape index (κ1) is 19.5. The van der Waals surface area contributed by atoms with Crippen LogP contribution in [-0.2, 0) is 11.2 Å². The Hall–Kier alpha value is -2.21. The number of carbonyl (C=O) groups excluding carboxylic acids is 1. The normalized spacial score (nSPS) is 19.4. The number of aromatic nitrogens is 2. The monoisotopic (exact) mass is 372 g/mol. The van der Waals surface area contributed by atoms with Crippen molar-refractivity contribution in [1.82, 2.24) is 15.1 Å². The third-order valence-corrected chi connectivity index (χ3v) is 5.39. The summed E-state index contributed by atoms with van der Waals surface area (Å²) in [4.78, 5) is 14.2. The van der Waals surface area contributed by atoms with E-state index in [4.69, 9.17) is 5.73 Å². The number of nitrogens with one attached hydrogen (secondary N) is 1. The number of hydrogen-bond donors (Lipinski definition) is 2. The number of H-pyrrole nitrogens is 1. The maximum absolute atomic E-state index is 13.3. The molecule has 0 bridgehead atoms. The van der Waals surface area contributed by atoms with E-state index in [9.17, 15) is 9.18 Å². The summed E-state index contributed by atoms with van der Waals surface area (Å²) in [7, 11) is 1.90. The van der Waals surface area contributed by atoms with Gasteiger partial charge in [0.05, 0.1) is 5.69 Å². The summed E-state index contributed by atoms with van der Waals surface area (Å²) in [6, 6.07) is 8.64. The maximum atomic E-state index is 13.3. The first-order chi connectivity index (χ1) is 13.0. The fraction of sp³-hybridized carbons (Fsp3) is 0.524. The van der Waals surface area contributed by atoms with Crippen LogP contribution in [0.15, 0.2) is 30.3 Å². The maximum Gasteiger partial charge on any atom is 0.225 e. The van der Waals surface area contributed by atoms with Crippen LogP contribution < -0.4 is 5.73 Å². The van der Waals surface area contributed by atoms with Gasteiger partial charge in [0.1, 0.15) is 5.82 Å². The Balaban J connectivity index is 1.36. The summed E-state index contributed by atoms with van der Waals surface area (Å²) in [6.45, 7) is 0.794. The van der Waals surface area contributed by atoms with E-state index in [0.717, 1.165) is 68.4 Å². The smallest absolute Gasteiger partial charge is 0.225 e. The van der Waals surface area contributed by atoms with Crippen LogP contribution in [0.2, 0.25) is 0 Å². The number of hydrogen-bond acceptors (Lipinski definition) is 3. The lowest BCUT2D eigenvalue weighted by atomic mass is 10.1. The Morgan fingerprint density at radius 1 is 1.30 bits per heavy atom. The quantitative estimate of drug-likeness (QED) is 0.696. The van der Waals surface area contributed by atoms with Crippen molar-refractivity contribution in [2.45, 2.75) is 51.0 Å². The van der Waals surface area contributed by atoms with Crippen molar-refractivity contribution in [1.29, 1.82) is 0 Å². The summed E-state index contributed by atoms with van der Waals surface area (Å²) in [5.74, 6) is 0.114. The summed E-state index contributed by atoms with van der Waals surface area (Å²) in [5, 5.41) is 7.31. The molecule has 2 atom stereocenters. The second-order valence-corrected chi connectivity index (χ2v) is 7.63. The molecule has 0 saturated heterocycles. The lowest BCUT2D eigenvalue weighted by Crippen LogP contribution is -2.33. The molecule has 3 rings (SSSR count). The zero-order valence-electron chi connectivity index (χ0n) is 16.0. The van der Waals surface area contributed by atoms with Gasteiger partial charge in [-0.15, -0.1) is 0 Å². The van der Waals surface area contributed by atoms with E-state index in [0.29, 0.717) is 0 Å². The number of amides is 1. The number of halogens is 1. The third kappa shape index (κ3) is 5.39. The number of rotatable bonds is 8. The molecule has 1 saturated carbocycles. The third-order valence-electron chi connectivity index (χ3n) is 5.39. The van der Waals surface area contributed by atoms with Crippen LogP contribution in [0, 0.1) is 11.7 Å². The molecule has 0 spiro atoms. The molecule has 27 heavy (non-hydrogen) atoms. The lowest BCUT2D eigenvalue weighted by molar-refractivity contribution is -0.134. The van der Waals surface area contributed by atoms with Crippen molar-refractivity contribution in [3.8, 4) is 11.3 Å². The van der Waals surface area contributed by atoms with Crippen molar-refractivity contribution in [3.63, 3.8) is 0 Å². The molecule has 6 heteroatoms. The molecule has 0 aliphatic heterocycles. The van der Waals surface area contributed by atoms with Crippen LogP contribution in [0.4, 0.5) is 4.39 Å². The summed E-state index contributed by atoms with van der Waals surface area (Å²) >= 11 is 0. The van der Waals surface area contributed by atoms with Gasteiger partial charge in [0.2, 0.25) is 5.91 Å². The topological polar surface area (TPSA) is 75.0 Å². The van der Waals surface area contributed by atoms with Crippen molar-refractivity contribution in [3.05, 3.63) is 41.8 Å². The number of carbonyl (C=O) groups is 1. The molecule has 0 radical (unpaired) electrons. The predicted octanol–water partition coefficient (Wildman–Crippen LogP) is 3.51. The molecule has 2 aromatic rings. The number of nitrogens with zero attached hydrogens (tertiary/aromatic N) is 2. The molecule has 1 heterocycles. The molecule has 146 valence electrons. The Morgan fingerprint density at radius 2 is 2.15 bits per heavy atom. The second-order valence-electron chi connectivity index (χ2n) is 7.63. The number of aromatic amines is 1. The van der Waals surface area contributed by atoms with Crippen LogP contribution >= 0.6 is 0 Å². The Bertz CT molecular complexity index is 760. The van der Waals surface area contributed by atoms with Gasteiger partial charge in [-0.1, -0.05) is 18.6 Å². The number of aryl methyl sites for hydroxylation is 1. The zero-order valence-corrected chi connectivity index (χ0v) is 16.0. The number of nitrogens with two attached hydrogens (primary N) is 1. The van der Waals surface area contributed by atoms with E-state index in [1.54, 1.807) is 6.07 Å². The van der Waals surface area contributed by atoms with Gasteiger partial charge in [-0.25, -0.2) is 4.39 Å². The van der Waals surface area contributed by atoms with E-state index >= 15 is 0 Å². The van der Waals surface area contributed by atoms with Crippen LogP contribution in [0.1, 0.15) is 44.2 Å². The van der Waals surface area contributed by atoms with Gasteiger partial charge in [0, 0.05) is 36.8 Å². The molecule has 1 aliphatic rings. The van der Waals surface area contributed by atoms with Gasteiger partial charge in [-0.3, -0.25) is 9.89 Å². The number of unbranched alkanes of at least 4 members (excludes halogenated alkanes) is 2. The highest BCUT2D eigenvalue weighted by Gasteiger charge is 2.29. The second kappa shape index (κ2) is 9.13. The van der Waals surface area contributed by atoms with Crippen LogP contribution in [0.3, 0.4) is 0 Å². The molecule has 1 aromatic carbocycles. The first-order valence-corrected chi connectivity index (χ1v) is 9.83. The van der Waals surface area contributed by atoms with Crippen LogP contribution in [-0.4, -0.2) is 40.6 Å². The highest BCUT2D eigenvalue weighted by molar-refractivity contribution is 5.78. The lowest BCUT2D eigenvalue weighted by Gasteiger charge is -2.21. The average molecular weight is 372 g/mol. The molecular weight excluding hydrogens is 343 g/mol. The van der Waals surface area contributed by atoms with Gasteiger partial charge < -0.3 is 10.6 Å². The van der Waals surface area contributed by atoms with Gasteiger partial charge in [-0.05, 0) is 56.7 Å². The summed E-state index contributed by atoms with van der Waals surface area (Å²) < 4.78 is 13.3. The first-order valence-electron chi connectivity index (χ1n) is 9.83. The number of benzene rings is 1. The highest BCUT2D eigenvalue weighted by atomic mass is 19.1. The Morgan fingerprint density at radius 3 is 2.89 bits per heavy atom. The molecule has 5 nitrogen and oxygen atoms in total. The Kier molecular flexibility index (Phi) is 6.61. The van der Waals surface area contributed by atoms with Crippen molar-refractivity contribution in [2.24, 2.45) is 11.7 Å². The highest BCUT2D eigenvalue weighted by Crippen LogP contribution is 2.25. The minimum atomic E-state index is -0.254. The van der Waals surface area contributed by atoms with E-state index in [1.165, 1.54) is 12.1 Å². The standard InChI is InChI=1S/C21H29FN4O/c1-26(21(27)16-9-10-18(23)13-16)11-4-2-3-8-19-14-20(25-24-19)15-6-5-7-17(22)12-15/h5-7,12,14,16,18H,2-4,8-11,13,23H2,1H3,(H,24,25). The van der Waals surface area contributed by atoms with Crippen molar-refractivity contribution in [2.75, 3.05) is 13.6 Å².